The van der Waals surface area contributed by atoms with Crippen LogP contribution in [0.25, 0.3) is 0 Å². The molecule has 4 heteroatoms. The zero-order valence-electron chi connectivity index (χ0n) is 11.6. The van der Waals surface area contributed by atoms with Gasteiger partial charge in [-0.3, -0.25) is 4.79 Å². The van der Waals surface area contributed by atoms with E-state index in [-0.39, 0.29) is 23.7 Å². The highest BCUT2D eigenvalue weighted by atomic mass is 16.3. The molecule has 4 nitrogen and oxygen atoms in total. The number of benzene rings is 1. The van der Waals surface area contributed by atoms with Crippen molar-refractivity contribution in [3.05, 3.63) is 29.8 Å². The molecule has 0 bridgehead atoms. The summed E-state index contributed by atoms with van der Waals surface area (Å²) in [4.78, 5) is 14.3. The Hall–Kier alpha value is -1.55. The molecule has 0 aliphatic carbocycles. The average Bonchev–Trinajstić information content (AvgIpc) is 2.93. The van der Waals surface area contributed by atoms with Crippen molar-refractivity contribution in [2.24, 2.45) is 0 Å². The second-order valence-electron chi connectivity index (χ2n) is 5.04. The van der Waals surface area contributed by atoms with Gasteiger partial charge in [-0.1, -0.05) is 12.1 Å². The zero-order chi connectivity index (χ0) is 13.8. The smallest absolute Gasteiger partial charge is 0.240 e. The molecule has 2 atom stereocenters. The number of hydrogen-bond acceptors (Lipinski definition) is 3. The van der Waals surface area contributed by atoms with E-state index < -0.39 is 0 Å². The van der Waals surface area contributed by atoms with Gasteiger partial charge in [0.15, 0.2) is 0 Å². The molecule has 1 unspecified atom stereocenters. The largest absolute Gasteiger partial charge is 0.508 e. The minimum atomic E-state index is -0.0419. The third kappa shape index (κ3) is 3.07. The molecular formula is C15H22N2O2. The van der Waals surface area contributed by atoms with E-state index >= 15 is 0 Å². The summed E-state index contributed by atoms with van der Waals surface area (Å²) in [5.74, 6) is 0.405. The van der Waals surface area contributed by atoms with Crippen molar-refractivity contribution in [3.63, 3.8) is 0 Å². The van der Waals surface area contributed by atoms with Gasteiger partial charge in [0.05, 0.1) is 12.1 Å². The van der Waals surface area contributed by atoms with E-state index in [9.17, 15) is 9.90 Å². The fourth-order valence-corrected chi connectivity index (χ4v) is 2.68. The molecule has 1 heterocycles. The quantitative estimate of drug-likeness (QED) is 0.873. The molecule has 1 fully saturated rings. The number of likely N-dealkylation sites (N-methyl/N-ethyl adjacent to an activating group) is 1. The zero-order valence-corrected chi connectivity index (χ0v) is 11.6. The Bertz CT molecular complexity index is 442. The van der Waals surface area contributed by atoms with E-state index in [1.807, 2.05) is 30.9 Å². The maximum absolute atomic E-state index is 12.5. The van der Waals surface area contributed by atoms with Gasteiger partial charge in [0.1, 0.15) is 5.75 Å². The fraction of sp³-hybridized carbons (Fsp3) is 0.533. The maximum atomic E-state index is 12.5. The van der Waals surface area contributed by atoms with Crippen LogP contribution in [0, 0.1) is 0 Å². The number of rotatable bonds is 4. The Labute approximate surface area is 114 Å². The van der Waals surface area contributed by atoms with Crippen LogP contribution in [0.1, 0.15) is 38.3 Å². The van der Waals surface area contributed by atoms with Crippen LogP contribution in [0.4, 0.5) is 0 Å². The topological polar surface area (TPSA) is 52.6 Å². The molecule has 0 aromatic heterocycles. The third-order valence-electron chi connectivity index (χ3n) is 3.80. The summed E-state index contributed by atoms with van der Waals surface area (Å²) in [6, 6.07) is 7.07. The number of phenols is 1. The van der Waals surface area contributed by atoms with E-state index in [1.165, 1.54) is 0 Å². The number of phenolic OH excluding ortho intramolecular Hbond substituents is 1. The van der Waals surface area contributed by atoms with Gasteiger partial charge in [0, 0.05) is 6.54 Å². The highest BCUT2D eigenvalue weighted by molar-refractivity contribution is 5.82. The molecule has 1 aromatic carbocycles. The Kier molecular flexibility index (Phi) is 4.43. The highest BCUT2D eigenvalue weighted by Gasteiger charge is 2.29. The van der Waals surface area contributed by atoms with Crippen LogP contribution >= 0.6 is 0 Å². The fourth-order valence-electron chi connectivity index (χ4n) is 2.68. The van der Waals surface area contributed by atoms with Crippen LogP contribution < -0.4 is 5.32 Å². The maximum Gasteiger partial charge on any atom is 0.240 e. The van der Waals surface area contributed by atoms with Crippen molar-refractivity contribution in [3.8, 4) is 5.75 Å². The van der Waals surface area contributed by atoms with Gasteiger partial charge in [-0.15, -0.1) is 0 Å². The van der Waals surface area contributed by atoms with Gasteiger partial charge in [0.2, 0.25) is 5.91 Å². The van der Waals surface area contributed by atoms with Gasteiger partial charge in [-0.05, 0) is 50.9 Å². The molecule has 19 heavy (non-hydrogen) atoms. The highest BCUT2D eigenvalue weighted by Crippen LogP contribution is 2.24. The second-order valence-corrected chi connectivity index (χ2v) is 5.04. The Morgan fingerprint density at radius 1 is 1.58 bits per heavy atom. The first-order valence-electron chi connectivity index (χ1n) is 6.96. The number of aromatic hydroxyl groups is 1. The third-order valence-corrected chi connectivity index (χ3v) is 3.80. The predicted molar refractivity (Wildman–Crippen MR) is 74.9 cm³/mol. The van der Waals surface area contributed by atoms with Crippen LogP contribution in [0.15, 0.2) is 24.3 Å². The Balaban J connectivity index is 2.14. The van der Waals surface area contributed by atoms with Crippen molar-refractivity contribution in [1.82, 2.24) is 10.2 Å². The standard InChI is InChI=1S/C15H22N2O2/c1-3-17(15(19)14-8-5-9-16-14)11(2)12-6-4-7-13(18)10-12/h4,6-7,10-11,14,16,18H,3,5,8-9H2,1-2H3/t11?,14-/m0/s1. The Morgan fingerprint density at radius 2 is 2.37 bits per heavy atom. The van der Waals surface area contributed by atoms with Crippen molar-refractivity contribution in [2.45, 2.75) is 38.8 Å². The summed E-state index contributed by atoms with van der Waals surface area (Å²) >= 11 is 0. The first kappa shape index (κ1) is 13.9. The molecule has 1 aliphatic rings. The molecule has 0 saturated carbocycles. The van der Waals surface area contributed by atoms with Gasteiger partial charge in [0.25, 0.3) is 0 Å². The predicted octanol–water partition coefficient (Wildman–Crippen LogP) is 2.05. The van der Waals surface area contributed by atoms with E-state index in [2.05, 4.69) is 5.32 Å². The van der Waals surface area contributed by atoms with Crippen LogP contribution in [0.3, 0.4) is 0 Å². The van der Waals surface area contributed by atoms with E-state index in [4.69, 9.17) is 0 Å². The number of carbonyl (C=O) groups excluding carboxylic acids is 1. The van der Waals surface area contributed by atoms with Gasteiger partial charge < -0.3 is 15.3 Å². The summed E-state index contributed by atoms with van der Waals surface area (Å²) in [7, 11) is 0. The lowest BCUT2D eigenvalue weighted by atomic mass is 10.0. The van der Waals surface area contributed by atoms with E-state index in [0.717, 1.165) is 24.9 Å². The number of nitrogens with one attached hydrogen (secondary N) is 1. The molecule has 1 aliphatic heterocycles. The molecule has 1 amide bonds. The van der Waals surface area contributed by atoms with Crippen LogP contribution in [-0.4, -0.2) is 35.0 Å². The van der Waals surface area contributed by atoms with Crippen molar-refractivity contribution in [2.75, 3.05) is 13.1 Å². The first-order chi connectivity index (χ1) is 9.13. The molecular weight excluding hydrogens is 240 g/mol. The molecule has 0 spiro atoms. The van der Waals surface area contributed by atoms with Crippen LogP contribution in [-0.2, 0) is 4.79 Å². The lowest BCUT2D eigenvalue weighted by Crippen LogP contribution is -2.44. The van der Waals surface area contributed by atoms with Gasteiger partial charge in [-0.25, -0.2) is 0 Å². The summed E-state index contributed by atoms with van der Waals surface area (Å²) in [5, 5.41) is 12.8. The van der Waals surface area contributed by atoms with Crippen LogP contribution in [0.2, 0.25) is 0 Å². The molecule has 104 valence electrons. The molecule has 1 aromatic rings. The van der Waals surface area contributed by atoms with E-state index in [0.29, 0.717) is 6.54 Å². The normalized spacial score (nSPS) is 20.2. The summed E-state index contributed by atoms with van der Waals surface area (Å²) in [5.41, 5.74) is 0.966. The number of nitrogens with zero attached hydrogens (tertiary/aromatic N) is 1. The van der Waals surface area contributed by atoms with Crippen molar-refractivity contribution < 1.29 is 9.90 Å². The first-order valence-corrected chi connectivity index (χ1v) is 6.96. The summed E-state index contributed by atoms with van der Waals surface area (Å²) in [6.07, 6.45) is 1.98. The molecule has 0 radical (unpaired) electrons. The van der Waals surface area contributed by atoms with Crippen molar-refractivity contribution >= 4 is 5.91 Å². The van der Waals surface area contributed by atoms with E-state index in [1.54, 1.807) is 12.1 Å². The lowest BCUT2D eigenvalue weighted by molar-refractivity contribution is -0.135. The SMILES string of the molecule is CCN(C(=O)[C@@H]1CCCN1)C(C)c1cccc(O)c1. The minimum Gasteiger partial charge on any atom is -0.508 e. The molecule has 1 saturated heterocycles. The minimum absolute atomic E-state index is 0.0213. The number of amides is 1. The molecule has 2 rings (SSSR count). The van der Waals surface area contributed by atoms with Gasteiger partial charge in [-0.2, -0.15) is 0 Å². The molecule has 2 N–H and O–H groups in total. The Morgan fingerprint density at radius 3 is 2.95 bits per heavy atom. The van der Waals surface area contributed by atoms with Gasteiger partial charge >= 0.3 is 0 Å². The second kappa shape index (κ2) is 6.06. The lowest BCUT2D eigenvalue weighted by Gasteiger charge is -2.30. The number of hydrogen-bond donors (Lipinski definition) is 2. The average molecular weight is 262 g/mol. The van der Waals surface area contributed by atoms with Crippen LogP contribution in [0.5, 0.6) is 5.75 Å². The van der Waals surface area contributed by atoms with Crippen molar-refractivity contribution in [1.29, 1.82) is 0 Å². The monoisotopic (exact) mass is 262 g/mol. The summed E-state index contributed by atoms with van der Waals surface area (Å²) < 4.78 is 0. The number of carbonyl (C=O) groups is 1. The summed E-state index contributed by atoms with van der Waals surface area (Å²) in [6.45, 7) is 5.60.